The molecule has 6 rings (SSSR count). The first-order valence-corrected chi connectivity index (χ1v) is 24.4. The fraction of sp³-hybridized carbons (Fsp3) is 0.415. The first-order chi connectivity index (χ1) is 33.7. The van der Waals surface area contributed by atoms with Gasteiger partial charge in [-0.2, -0.15) is 5.10 Å². The van der Waals surface area contributed by atoms with Gasteiger partial charge in [-0.25, -0.2) is 9.31 Å². The lowest BCUT2D eigenvalue weighted by molar-refractivity contribution is -0.368. The fourth-order valence-corrected chi connectivity index (χ4v) is 8.85. The van der Waals surface area contributed by atoms with Crippen molar-refractivity contribution in [3.05, 3.63) is 107 Å². The molecule has 70 heavy (non-hydrogen) atoms. The van der Waals surface area contributed by atoms with Crippen LogP contribution in [0.1, 0.15) is 118 Å². The van der Waals surface area contributed by atoms with Crippen LogP contribution in [-0.4, -0.2) is 104 Å². The zero-order chi connectivity index (χ0) is 50.3. The third kappa shape index (κ3) is 13.3. The molecule has 4 atom stereocenters. The number of likely N-dealkylation sites (N-methyl/N-ethyl adjacent to an activating group) is 1. The van der Waals surface area contributed by atoms with E-state index in [0.29, 0.717) is 36.0 Å². The molecule has 0 fully saturated rings. The third-order valence-corrected chi connectivity index (χ3v) is 12.8. The van der Waals surface area contributed by atoms with Crippen molar-refractivity contribution >= 4 is 41.0 Å². The Kier molecular flexibility index (Phi) is 18.5. The molecule has 1 aliphatic heterocycles. The van der Waals surface area contributed by atoms with E-state index in [9.17, 15) is 44.1 Å². The fourth-order valence-electron chi connectivity index (χ4n) is 8.85. The maximum atomic E-state index is 14.5. The van der Waals surface area contributed by atoms with Gasteiger partial charge in [-0.3, -0.25) is 24.0 Å². The number of aromatic nitrogens is 2. The summed E-state index contributed by atoms with van der Waals surface area (Å²) in [6.45, 7) is 4.12. The van der Waals surface area contributed by atoms with Gasteiger partial charge < -0.3 is 47.2 Å². The molecule has 1 aliphatic rings. The first kappa shape index (κ1) is 52.1. The maximum absolute atomic E-state index is 14.5. The topological polar surface area (TPSA) is 259 Å². The standard InChI is InChI=1S/C53H66N8O9/c1-4-5-6-7-8-9-10-14-34-18-21-36(22-19-34)43-16-13-17-44-40(32-56-61(43)44)50(66)55-28-26-47(64)58-41(15-11-12-27-54)52(68)60(3)48-37-23-25-46(63)39(31-37)38-29-35(20-24-45(38)62)30-42(53(69)70)59-49(65)33(2)57-51(48)67/h13,16-25,29,31-33,41-42,48,62-63H,4-12,14-15,26-28,30,54H2,1-3H3,(H,55,66)(H,57,67)(H,58,64)(H,59,65)(H,69,70)/p+1/t33-,41-,42-,48-/m0/s1. The van der Waals surface area contributed by atoms with Gasteiger partial charge in [-0.15, -0.1) is 0 Å². The Bertz CT molecular complexity index is 2650. The quantitative estimate of drug-likeness (QED) is 0.0445. The highest BCUT2D eigenvalue weighted by molar-refractivity contribution is 6.01. The van der Waals surface area contributed by atoms with Crippen LogP contribution in [0.4, 0.5) is 0 Å². The highest BCUT2D eigenvalue weighted by Crippen LogP contribution is 2.39. The number of unbranched alkanes of at least 4 members (excludes halogenated alkanes) is 7. The Morgan fingerprint density at radius 1 is 0.857 bits per heavy atom. The molecule has 5 aromatic rings. The Labute approximate surface area is 408 Å². The number of hydrogen-bond acceptors (Lipinski definition) is 9. The summed E-state index contributed by atoms with van der Waals surface area (Å²) in [4.78, 5) is 82.5. The van der Waals surface area contributed by atoms with Crippen molar-refractivity contribution in [3.63, 3.8) is 0 Å². The number of phenolic OH excluding ortho intramolecular Hbond substituents is 2. The van der Waals surface area contributed by atoms with Gasteiger partial charge >= 0.3 is 5.97 Å². The summed E-state index contributed by atoms with van der Waals surface area (Å²) in [5, 5.41) is 47.1. The van der Waals surface area contributed by atoms with Crippen molar-refractivity contribution in [2.45, 2.75) is 121 Å². The van der Waals surface area contributed by atoms with Crippen LogP contribution in [-0.2, 0) is 36.8 Å². The van der Waals surface area contributed by atoms with E-state index < -0.39 is 59.7 Å². The normalized spacial score (nSPS) is 16.4. The molecule has 5 amide bonds. The molecule has 3 aromatic carbocycles. The Balaban J connectivity index is 1.14. The van der Waals surface area contributed by atoms with E-state index in [1.807, 2.05) is 12.1 Å². The number of carboxylic acid groups (broad SMARTS) is 1. The number of aliphatic carboxylic acids is 1. The van der Waals surface area contributed by atoms with Crippen LogP contribution in [0.25, 0.3) is 27.9 Å². The van der Waals surface area contributed by atoms with Crippen LogP contribution in [0.15, 0.2) is 85.1 Å². The van der Waals surface area contributed by atoms with Gasteiger partial charge in [0.15, 0.2) is 0 Å². The predicted molar refractivity (Wildman–Crippen MR) is 264 cm³/mol. The lowest BCUT2D eigenvalue weighted by atomic mass is 9.93. The molecule has 0 radical (unpaired) electrons. The third-order valence-electron chi connectivity index (χ3n) is 12.8. The van der Waals surface area contributed by atoms with Gasteiger partial charge in [0.1, 0.15) is 35.7 Å². The molecule has 17 nitrogen and oxygen atoms in total. The molecule has 372 valence electrons. The van der Waals surface area contributed by atoms with Gasteiger partial charge in [-0.1, -0.05) is 87.9 Å². The van der Waals surface area contributed by atoms with E-state index in [0.717, 1.165) is 29.0 Å². The molecule has 10 N–H and O–H groups in total. The lowest BCUT2D eigenvalue weighted by Gasteiger charge is -2.32. The Hall–Kier alpha value is -7.27. The van der Waals surface area contributed by atoms with E-state index >= 15 is 0 Å². The molecule has 0 saturated heterocycles. The molecule has 0 spiro atoms. The molecule has 0 unspecified atom stereocenters. The average molecular weight is 960 g/mol. The number of amides is 5. The number of carbonyl (C=O) groups is 6. The zero-order valence-corrected chi connectivity index (χ0v) is 40.3. The number of quaternary nitrogens is 1. The number of nitrogens with zero attached hydrogens (tertiary/aromatic N) is 3. The number of phenols is 2. The molecule has 17 heteroatoms. The summed E-state index contributed by atoms with van der Waals surface area (Å²) in [5.41, 5.74) is 8.74. The highest BCUT2D eigenvalue weighted by Gasteiger charge is 2.36. The predicted octanol–water partition coefficient (Wildman–Crippen LogP) is 5.22. The van der Waals surface area contributed by atoms with Crippen LogP contribution >= 0.6 is 0 Å². The summed E-state index contributed by atoms with van der Waals surface area (Å²) in [7, 11) is 1.38. The minimum absolute atomic E-state index is 0.0599. The second kappa shape index (κ2) is 24.8. The molecule has 2 aromatic heterocycles. The van der Waals surface area contributed by atoms with Crippen molar-refractivity contribution in [2.75, 3.05) is 20.1 Å². The second-order valence-electron chi connectivity index (χ2n) is 18.1. The Morgan fingerprint density at radius 2 is 1.56 bits per heavy atom. The number of nitrogens with one attached hydrogen (secondary N) is 4. The smallest absolute Gasteiger partial charge is 0.326 e. The van der Waals surface area contributed by atoms with Gasteiger partial charge in [0.05, 0.1) is 29.5 Å². The largest absolute Gasteiger partial charge is 0.507 e. The lowest BCUT2D eigenvalue weighted by Crippen LogP contribution is -2.55. The number of fused-ring (bicyclic) bond motifs is 6. The molecule has 4 bridgehead atoms. The van der Waals surface area contributed by atoms with Crippen LogP contribution in [0.3, 0.4) is 0 Å². The van der Waals surface area contributed by atoms with E-state index in [1.165, 1.54) is 101 Å². The monoisotopic (exact) mass is 960 g/mol. The molecule has 0 aliphatic carbocycles. The summed E-state index contributed by atoms with van der Waals surface area (Å²) < 4.78 is 1.72. The van der Waals surface area contributed by atoms with Gasteiger partial charge in [-0.05, 0) is 92.1 Å². The number of rotatable bonds is 21. The van der Waals surface area contributed by atoms with Crippen LogP contribution in [0.2, 0.25) is 0 Å². The summed E-state index contributed by atoms with van der Waals surface area (Å²) in [5.74, 6) is -5.05. The van der Waals surface area contributed by atoms with E-state index in [-0.39, 0.29) is 54.0 Å². The van der Waals surface area contributed by atoms with Crippen molar-refractivity contribution in [1.82, 2.24) is 35.8 Å². The van der Waals surface area contributed by atoms with Gasteiger partial charge in [0.25, 0.3) is 5.91 Å². The van der Waals surface area contributed by atoms with Crippen LogP contribution in [0, 0.1) is 0 Å². The van der Waals surface area contributed by atoms with E-state index in [1.54, 1.807) is 10.6 Å². The number of pyridine rings is 1. The van der Waals surface area contributed by atoms with Gasteiger partial charge in [0.2, 0.25) is 23.6 Å². The number of hydrogen-bond donors (Lipinski definition) is 8. The molecule has 3 heterocycles. The number of benzene rings is 3. The first-order valence-electron chi connectivity index (χ1n) is 24.4. The van der Waals surface area contributed by atoms with Crippen molar-refractivity contribution in [1.29, 1.82) is 0 Å². The highest BCUT2D eigenvalue weighted by atomic mass is 16.4. The van der Waals surface area contributed by atoms with Crippen LogP contribution in [0.5, 0.6) is 11.5 Å². The summed E-state index contributed by atoms with van der Waals surface area (Å²) in [6.07, 6.45) is 12.3. The molecular weight excluding hydrogens is 893 g/mol. The van der Waals surface area contributed by atoms with E-state index in [4.69, 9.17) is 0 Å². The minimum Gasteiger partial charge on any atom is -0.507 e. The van der Waals surface area contributed by atoms with Gasteiger partial charge in [0, 0.05) is 43.1 Å². The number of aryl methyl sites for hydroxylation is 1. The van der Waals surface area contributed by atoms with Crippen LogP contribution < -0.4 is 27.0 Å². The van der Waals surface area contributed by atoms with Crippen molar-refractivity contribution < 1.29 is 49.8 Å². The molecule has 0 saturated carbocycles. The zero-order valence-electron chi connectivity index (χ0n) is 40.3. The van der Waals surface area contributed by atoms with E-state index in [2.05, 4.69) is 63.3 Å². The maximum Gasteiger partial charge on any atom is 0.326 e. The summed E-state index contributed by atoms with van der Waals surface area (Å²) >= 11 is 0. The van der Waals surface area contributed by atoms with Crippen molar-refractivity contribution in [3.8, 4) is 33.9 Å². The number of carboxylic acids is 1. The Morgan fingerprint density at radius 3 is 2.27 bits per heavy atom. The minimum atomic E-state index is -1.44. The number of aromatic hydroxyl groups is 2. The van der Waals surface area contributed by atoms with Crippen molar-refractivity contribution in [2.24, 2.45) is 0 Å². The molecular formula is C53H67N8O9+. The second-order valence-corrected chi connectivity index (χ2v) is 18.1. The average Bonchev–Trinajstić information content (AvgIpc) is 3.79. The SMILES string of the molecule is CCCCCCCCCc1ccc(-c2cccc3c(C(=O)NCCC(=O)N[C@@H](CCCC[NH3+])C(=O)N(C)[C@@H]4C(=O)N[C@@H](C)C(=O)N[C@H](C(=O)O)Cc5ccc(O)c(c5)-c5cc4ccc5O)cnn23)cc1. The number of carbonyl (C=O) groups excluding carboxylic acids is 5. The summed E-state index contributed by atoms with van der Waals surface area (Å²) in [6, 6.07) is 17.3.